The Balaban J connectivity index is 2.88. The Kier molecular flexibility index (Phi) is 4.82. The van der Waals surface area contributed by atoms with Gasteiger partial charge in [0.05, 0.1) is 18.5 Å². The predicted octanol–water partition coefficient (Wildman–Crippen LogP) is 3.65. The van der Waals surface area contributed by atoms with Crippen LogP contribution in [0.2, 0.25) is 0 Å². The molecule has 0 saturated carbocycles. The highest BCUT2D eigenvalue weighted by Crippen LogP contribution is 2.62. The molecule has 5 heteroatoms. The van der Waals surface area contributed by atoms with Gasteiger partial charge in [0.15, 0.2) is 0 Å². The SMILES string of the molecule is CCOP(=O)(OCC)C1=C(NC(C)(C)C)CC1. The molecule has 0 radical (unpaired) electrons. The summed E-state index contributed by atoms with van der Waals surface area (Å²) in [4.78, 5) is 0. The van der Waals surface area contributed by atoms with Crippen molar-refractivity contribution in [2.45, 2.75) is 53.0 Å². The average Bonchev–Trinajstić information content (AvgIpc) is 2.11. The van der Waals surface area contributed by atoms with E-state index in [1.54, 1.807) is 0 Å². The summed E-state index contributed by atoms with van der Waals surface area (Å²) in [6.45, 7) is 10.7. The van der Waals surface area contributed by atoms with Gasteiger partial charge >= 0.3 is 7.60 Å². The normalized spacial score (nSPS) is 17.0. The Labute approximate surface area is 104 Å². The first-order valence-electron chi connectivity index (χ1n) is 6.22. The minimum atomic E-state index is -3.05. The lowest BCUT2D eigenvalue weighted by molar-refractivity contribution is 0.223. The molecule has 0 amide bonds. The van der Waals surface area contributed by atoms with Gasteiger partial charge in [0.1, 0.15) is 0 Å². The van der Waals surface area contributed by atoms with Crippen molar-refractivity contribution in [3.05, 3.63) is 11.0 Å². The van der Waals surface area contributed by atoms with Crippen LogP contribution in [0.3, 0.4) is 0 Å². The summed E-state index contributed by atoms with van der Waals surface area (Å²) in [5, 5.41) is 4.21. The second-order valence-electron chi connectivity index (χ2n) is 5.13. The Morgan fingerprint density at radius 1 is 1.18 bits per heavy atom. The first-order chi connectivity index (χ1) is 7.82. The number of nitrogens with one attached hydrogen (secondary N) is 1. The molecular formula is C12H24NO3P. The van der Waals surface area contributed by atoms with Crippen LogP contribution in [0, 0.1) is 0 Å². The molecule has 1 N–H and O–H groups in total. The molecule has 0 bridgehead atoms. The third kappa shape index (κ3) is 3.84. The third-order valence-electron chi connectivity index (χ3n) is 2.41. The van der Waals surface area contributed by atoms with Gasteiger partial charge in [0, 0.05) is 11.2 Å². The van der Waals surface area contributed by atoms with Gasteiger partial charge in [-0.05, 0) is 47.5 Å². The molecule has 0 unspecified atom stereocenters. The Bertz CT molecular complexity index is 334. The third-order valence-corrected chi connectivity index (χ3v) is 4.77. The van der Waals surface area contributed by atoms with Crippen molar-refractivity contribution in [2.24, 2.45) is 0 Å². The van der Waals surface area contributed by atoms with Crippen molar-refractivity contribution in [2.75, 3.05) is 13.2 Å². The fraction of sp³-hybridized carbons (Fsp3) is 0.833. The smallest absolute Gasteiger partial charge is 0.359 e. The van der Waals surface area contributed by atoms with Crippen LogP contribution in [-0.2, 0) is 13.6 Å². The lowest BCUT2D eigenvalue weighted by Gasteiger charge is -2.34. The van der Waals surface area contributed by atoms with Crippen molar-refractivity contribution in [3.63, 3.8) is 0 Å². The summed E-state index contributed by atoms with van der Waals surface area (Å²) in [6.07, 6.45) is 1.73. The average molecular weight is 261 g/mol. The maximum Gasteiger partial charge on any atom is 0.359 e. The van der Waals surface area contributed by atoms with Crippen molar-refractivity contribution in [1.29, 1.82) is 0 Å². The van der Waals surface area contributed by atoms with Gasteiger partial charge < -0.3 is 14.4 Å². The fourth-order valence-corrected chi connectivity index (χ4v) is 3.73. The van der Waals surface area contributed by atoms with Gasteiger partial charge in [0.2, 0.25) is 0 Å². The van der Waals surface area contributed by atoms with Gasteiger partial charge in [-0.1, -0.05) is 0 Å². The second-order valence-corrected chi connectivity index (χ2v) is 7.18. The molecule has 0 fully saturated rings. The van der Waals surface area contributed by atoms with E-state index >= 15 is 0 Å². The second kappa shape index (κ2) is 5.55. The molecule has 1 rings (SSSR count). The summed E-state index contributed by atoms with van der Waals surface area (Å²) >= 11 is 0. The van der Waals surface area contributed by atoms with Crippen LogP contribution in [0.15, 0.2) is 11.0 Å². The Morgan fingerprint density at radius 3 is 2.00 bits per heavy atom. The Hall–Kier alpha value is -0.310. The van der Waals surface area contributed by atoms with Crippen LogP contribution in [0.4, 0.5) is 0 Å². The van der Waals surface area contributed by atoms with Crippen LogP contribution < -0.4 is 5.32 Å². The van der Waals surface area contributed by atoms with E-state index in [4.69, 9.17) is 9.05 Å². The molecule has 1 aliphatic rings. The van der Waals surface area contributed by atoms with E-state index in [1.807, 2.05) is 13.8 Å². The summed E-state index contributed by atoms with van der Waals surface area (Å²) < 4.78 is 23.3. The van der Waals surface area contributed by atoms with E-state index in [0.717, 1.165) is 23.9 Å². The standard InChI is InChI=1S/C12H24NO3P/c1-6-15-17(14,16-7-2)11-9-8-10(11)13-12(3,4)5/h13H,6-9H2,1-5H3. The molecular weight excluding hydrogens is 237 g/mol. The highest BCUT2D eigenvalue weighted by molar-refractivity contribution is 7.58. The summed E-state index contributed by atoms with van der Waals surface area (Å²) in [5.41, 5.74) is 1.01. The zero-order valence-electron chi connectivity index (χ0n) is 11.5. The zero-order chi connectivity index (χ0) is 13.1. The van der Waals surface area contributed by atoms with Crippen molar-refractivity contribution in [1.82, 2.24) is 5.32 Å². The fourth-order valence-electron chi connectivity index (χ4n) is 1.78. The van der Waals surface area contributed by atoms with Crippen molar-refractivity contribution >= 4 is 7.60 Å². The van der Waals surface area contributed by atoms with E-state index in [9.17, 15) is 4.57 Å². The number of hydrogen-bond acceptors (Lipinski definition) is 4. The maximum absolute atomic E-state index is 12.5. The quantitative estimate of drug-likeness (QED) is 0.741. The van der Waals surface area contributed by atoms with E-state index in [-0.39, 0.29) is 5.54 Å². The highest BCUT2D eigenvalue weighted by Gasteiger charge is 2.37. The van der Waals surface area contributed by atoms with Gasteiger partial charge in [0.25, 0.3) is 0 Å². The van der Waals surface area contributed by atoms with Crippen LogP contribution >= 0.6 is 7.60 Å². The molecule has 1 aliphatic carbocycles. The summed E-state index contributed by atoms with van der Waals surface area (Å²) in [7, 11) is -3.05. The van der Waals surface area contributed by atoms with E-state index in [1.165, 1.54) is 0 Å². The molecule has 0 spiro atoms. The molecule has 0 saturated heterocycles. The molecule has 17 heavy (non-hydrogen) atoms. The molecule has 0 aromatic carbocycles. The summed E-state index contributed by atoms with van der Waals surface area (Å²) in [6, 6.07) is 0. The van der Waals surface area contributed by atoms with Crippen molar-refractivity contribution in [3.8, 4) is 0 Å². The maximum atomic E-state index is 12.5. The molecule has 4 nitrogen and oxygen atoms in total. The van der Waals surface area contributed by atoms with Gasteiger partial charge in [-0.15, -0.1) is 0 Å². The number of allylic oxidation sites excluding steroid dienone is 2. The molecule has 0 aliphatic heterocycles. The van der Waals surface area contributed by atoms with Gasteiger partial charge in [-0.25, -0.2) is 0 Å². The topological polar surface area (TPSA) is 47.6 Å². The highest BCUT2D eigenvalue weighted by atomic mass is 31.2. The van der Waals surface area contributed by atoms with E-state index in [0.29, 0.717) is 13.2 Å². The molecule has 0 atom stereocenters. The van der Waals surface area contributed by atoms with Gasteiger partial charge in [-0.3, -0.25) is 4.57 Å². The Morgan fingerprint density at radius 2 is 1.71 bits per heavy atom. The van der Waals surface area contributed by atoms with Crippen LogP contribution in [0.25, 0.3) is 0 Å². The number of hydrogen-bond donors (Lipinski definition) is 1. The van der Waals surface area contributed by atoms with Gasteiger partial charge in [-0.2, -0.15) is 0 Å². The monoisotopic (exact) mass is 261 g/mol. The van der Waals surface area contributed by atoms with E-state index < -0.39 is 7.60 Å². The first kappa shape index (κ1) is 14.7. The molecule has 0 aromatic heterocycles. The number of rotatable bonds is 6. The van der Waals surface area contributed by atoms with Crippen molar-refractivity contribution < 1.29 is 13.6 Å². The lowest BCUT2D eigenvalue weighted by atomic mass is 10.0. The first-order valence-corrected chi connectivity index (χ1v) is 7.76. The minimum Gasteiger partial charge on any atom is -0.383 e. The van der Waals surface area contributed by atoms with E-state index in [2.05, 4.69) is 26.1 Å². The predicted molar refractivity (Wildman–Crippen MR) is 70.0 cm³/mol. The molecule has 100 valence electrons. The zero-order valence-corrected chi connectivity index (χ0v) is 12.4. The largest absolute Gasteiger partial charge is 0.383 e. The van der Waals surface area contributed by atoms with Crippen LogP contribution in [0.5, 0.6) is 0 Å². The minimum absolute atomic E-state index is 0.0235. The summed E-state index contributed by atoms with van der Waals surface area (Å²) in [5.74, 6) is 0. The van der Waals surface area contributed by atoms with Crippen LogP contribution in [-0.4, -0.2) is 18.8 Å². The van der Waals surface area contributed by atoms with Crippen LogP contribution in [0.1, 0.15) is 47.5 Å². The molecule has 0 heterocycles. The molecule has 0 aromatic rings. The lowest BCUT2D eigenvalue weighted by Crippen LogP contribution is -2.38.